The number of esters is 4. The molecule has 2 rings (SSSR count). The lowest BCUT2D eigenvalue weighted by atomic mass is 9.93. The van der Waals surface area contributed by atoms with Crippen molar-refractivity contribution < 1.29 is 47.3 Å². The summed E-state index contributed by atoms with van der Waals surface area (Å²) in [5.74, 6) is -2.02. The van der Waals surface area contributed by atoms with E-state index in [0.717, 1.165) is 0 Å². The van der Waals surface area contributed by atoms with Gasteiger partial charge in [-0.1, -0.05) is 32.9 Å². The maximum Gasteiger partial charge on any atom is 0.331 e. The van der Waals surface area contributed by atoms with Crippen LogP contribution in [0.25, 0.3) is 0 Å². The van der Waals surface area contributed by atoms with Gasteiger partial charge in [0.05, 0.1) is 13.0 Å². The van der Waals surface area contributed by atoms with E-state index in [0.29, 0.717) is 30.6 Å². The van der Waals surface area contributed by atoms with Crippen molar-refractivity contribution in [2.45, 2.75) is 96.2 Å². The highest BCUT2D eigenvalue weighted by molar-refractivity contribution is 5.81. The SMILES string of the molecule is CCCC(=O)Oc1ccc(CC(N)(CF)C(=O)O[C@H]2C[C@@H](OC(=O)CCC)[C@H](OC(=O)CCC)CO2)cc1. The fourth-order valence-corrected chi connectivity index (χ4v) is 3.74. The lowest BCUT2D eigenvalue weighted by Gasteiger charge is -2.36. The largest absolute Gasteiger partial charge is 0.458 e. The number of carbonyl (C=O) groups excluding carboxylic acids is 4. The van der Waals surface area contributed by atoms with Crippen molar-refractivity contribution >= 4 is 23.9 Å². The van der Waals surface area contributed by atoms with Crippen molar-refractivity contribution in [3.8, 4) is 5.75 Å². The van der Waals surface area contributed by atoms with Crippen LogP contribution in [0.4, 0.5) is 4.39 Å². The molecule has 4 atom stereocenters. The highest BCUT2D eigenvalue weighted by Crippen LogP contribution is 2.25. The van der Waals surface area contributed by atoms with E-state index < -0.39 is 48.6 Å². The summed E-state index contributed by atoms with van der Waals surface area (Å²) in [6, 6.07) is 6.22. The van der Waals surface area contributed by atoms with Crippen molar-refractivity contribution in [2.24, 2.45) is 5.73 Å². The molecule has 2 N–H and O–H groups in total. The molecule has 212 valence electrons. The van der Waals surface area contributed by atoms with Gasteiger partial charge >= 0.3 is 23.9 Å². The van der Waals surface area contributed by atoms with Crippen molar-refractivity contribution in [1.29, 1.82) is 0 Å². The van der Waals surface area contributed by atoms with Crippen LogP contribution in [-0.2, 0) is 44.5 Å². The van der Waals surface area contributed by atoms with Crippen LogP contribution >= 0.6 is 0 Å². The number of ether oxygens (including phenoxy) is 5. The van der Waals surface area contributed by atoms with Crippen LogP contribution in [0.15, 0.2) is 24.3 Å². The normalized spacial score (nSPS) is 20.6. The molecule has 0 aliphatic carbocycles. The standard InChI is InChI=1S/C27H38FNO9/c1-4-7-22(30)35-19-12-10-18(11-13-19)15-27(29,17-28)26(33)38-25-14-20(36-23(31)8-5-2)21(16-34-25)37-24(32)9-6-3/h10-13,20-21,25H,4-9,14-17,29H2,1-3H3/t20-,21-,25+,27?/m1/s1. The Bertz CT molecular complexity index is 939. The third kappa shape index (κ3) is 9.68. The van der Waals surface area contributed by atoms with Gasteiger partial charge in [-0.25, -0.2) is 9.18 Å². The molecule has 0 saturated carbocycles. The molecule has 0 bridgehead atoms. The number of carbonyl (C=O) groups is 4. The number of alkyl halides is 1. The maximum absolute atomic E-state index is 14.0. The summed E-state index contributed by atoms with van der Waals surface area (Å²) in [4.78, 5) is 48.7. The fourth-order valence-electron chi connectivity index (χ4n) is 3.74. The molecule has 0 amide bonds. The van der Waals surface area contributed by atoms with Crippen molar-refractivity contribution in [2.75, 3.05) is 13.3 Å². The highest BCUT2D eigenvalue weighted by atomic mass is 19.1. The zero-order chi connectivity index (χ0) is 28.1. The average Bonchev–Trinajstić information content (AvgIpc) is 2.87. The third-order valence-corrected chi connectivity index (χ3v) is 5.77. The smallest absolute Gasteiger partial charge is 0.331 e. The van der Waals surface area contributed by atoms with E-state index in [9.17, 15) is 23.6 Å². The molecule has 1 fully saturated rings. The van der Waals surface area contributed by atoms with Crippen LogP contribution in [0.2, 0.25) is 0 Å². The van der Waals surface area contributed by atoms with Gasteiger partial charge < -0.3 is 29.4 Å². The van der Waals surface area contributed by atoms with Crippen LogP contribution in [0.1, 0.15) is 71.3 Å². The number of rotatable bonds is 14. The molecular weight excluding hydrogens is 501 g/mol. The van der Waals surface area contributed by atoms with E-state index in [1.54, 1.807) is 12.1 Å². The Morgan fingerprint density at radius 2 is 1.45 bits per heavy atom. The molecule has 1 heterocycles. The van der Waals surface area contributed by atoms with E-state index in [-0.39, 0.29) is 44.7 Å². The lowest BCUT2D eigenvalue weighted by Crippen LogP contribution is -2.55. The van der Waals surface area contributed by atoms with E-state index in [1.165, 1.54) is 12.1 Å². The van der Waals surface area contributed by atoms with E-state index >= 15 is 0 Å². The molecule has 1 saturated heterocycles. The zero-order valence-electron chi connectivity index (χ0n) is 22.2. The van der Waals surface area contributed by atoms with E-state index in [1.807, 2.05) is 20.8 Å². The summed E-state index contributed by atoms with van der Waals surface area (Å²) in [5, 5.41) is 0. The third-order valence-electron chi connectivity index (χ3n) is 5.77. The molecule has 1 aromatic rings. The number of halogens is 1. The second kappa shape index (κ2) is 15.4. The number of nitrogens with two attached hydrogens (primary N) is 1. The molecule has 11 heteroatoms. The average molecular weight is 540 g/mol. The molecule has 1 aromatic carbocycles. The molecular formula is C27H38FNO9. The summed E-state index contributed by atoms with van der Waals surface area (Å²) in [5.41, 5.74) is 4.60. The maximum atomic E-state index is 14.0. The topological polar surface area (TPSA) is 140 Å². The number of benzene rings is 1. The van der Waals surface area contributed by atoms with Gasteiger partial charge in [0.2, 0.25) is 6.29 Å². The highest BCUT2D eigenvalue weighted by Gasteiger charge is 2.42. The Morgan fingerprint density at radius 1 is 0.895 bits per heavy atom. The quantitative estimate of drug-likeness (QED) is 0.213. The van der Waals surface area contributed by atoms with Crippen molar-refractivity contribution in [3.05, 3.63) is 29.8 Å². The summed E-state index contributed by atoms with van der Waals surface area (Å²) >= 11 is 0. The Kier molecular flexibility index (Phi) is 12.6. The first-order valence-electron chi connectivity index (χ1n) is 13.0. The second-order valence-electron chi connectivity index (χ2n) is 9.30. The first kappa shape index (κ1) is 31.2. The molecule has 0 spiro atoms. The Morgan fingerprint density at radius 3 is 2.00 bits per heavy atom. The molecule has 38 heavy (non-hydrogen) atoms. The monoisotopic (exact) mass is 539 g/mol. The van der Waals surface area contributed by atoms with Gasteiger partial charge in [0, 0.05) is 25.7 Å². The van der Waals surface area contributed by atoms with E-state index in [4.69, 9.17) is 29.4 Å². The summed E-state index contributed by atoms with van der Waals surface area (Å²) < 4.78 is 41.0. The summed E-state index contributed by atoms with van der Waals surface area (Å²) in [6.45, 7) is 4.12. The Balaban J connectivity index is 2.04. The predicted molar refractivity (Wildman–Crippen MR) is 134 cm³/mol. The van der Waals surface area contributed by atoms with Crippen LogP contribution in [0.3, 0.4) is 0 Å². The molecule has 1 unspecified atom stereocenters. The predicted octanol–water partition coefficient (Wildman–Crippen LogP) is 3.32. The molecule has 1 aliphatic heterocycles. The summed E-state index contributed by atoms with van der Waals surface area (Å²) in [7, 11) is 0. The zero-order valence-corrected chi connectivity index (χ0v) is 22.2. The molecule has 0 aromatic heterocycles. The molecule has 10 nitrogen and oxygen atoms in total. The van der Waals surface area contributed by atoms with Gasteiger partial charge in [0.1, 0.15) is 24.1 Å². The minimum Gasteiger partial charge on any atom is -0.458 e. The number of hydrogen-bond acceptors (Lipinski definition) is 10. The van der Waals surface area contributed by atoms with Gasteiger partial charge in [0.25, 0.3) is 0 Å². The Labute approximate surface area is 222 Å². The number of hydrogen-bond donors (Lipinski definition) is 1. The summed E-state index contributed by atoms with van der Waals surface area (Å²) in [6.07, 6.45) is -0.792. The second-order valence-corrected chi connectivity index (χ2v) is 9.30. The Hall–Kier alpha value is -3.05. The van der Waals surface area contributed by atoms with Gasteiger partial charge in [-0.3, -0.25) is 14.4 Å². The minimum atomic E-state index is -2.01. The fraction of sp³-hybridized carbons (Fsp3) is 0.630. The van der Waals surface area contributed by atoms with Crippen LogP contribution < -0.4 is 10.5 Å². The van der Waals surface area contributed by atoms with Crippen LogP contribution in [-0.4, -0.2) is 61.2 Å². The van der Waals surface area contributed by atoms with Crippen LogP contribution in [0.5, 0.6) is 5.75 Å². The first-order chi connectivity index (χ1) is 18.1. The van der Waals surface area contributed by atoms with Crippen molar-refractivity contribution in [3.63, 3.8) is 0 Å². The van der Waals surface area contributed by atoms with Gasteiger partial charge in [0.15, 0.2) is 6.10 Å². The lowest BCUT2D eigenvalue weighted by molar-refractivity contribution is -0.233. The van der Waals surface area contributed by atoms with Crippen molar-refractivity contribution in [1.82, 2.24) is 0 Å². The van der Waals surface area contributed by atoms with Gasteiger partial charge in [-0.05, 0) is 37.0 Å². The molecule has 1 aliphatic rings. The first-order valence-corrected chi connectivity index (χ1v) is 13.0. The van der Waals surface area contributed by atoms with Gasteiger partial charge in [-0.15, -0.1) is 0 Å². The molecule has 0 radical (unpaired) electrons. The minimum absolute atomic E-state index is 0.106. The van der Waals surface area contributed by atoms with Crippen LogP contribution in [0, 0.1) is 0 Å². The van der Waals surface area contributed by atoms with Gasteiger partial charge in [-0.2, -0.15) is 0 Å². The van der Waals surface area contributed by atoms with E-state index in [2.05, 4.69) is 0 Å².